The van der Waals surface area contributed by atoms with Gasteiger partial charge >= 0.3 is 0 Å². The molecule has 1 aliphatic heterocycles. The Labute approximate surface area is 116 Å². The van der Waals surface area contributed by atoms with Crippen LogP contribution in [0.4, 0.5) is 5.82 Å². The van der Waals surface area contributed by atoms with Gasteiger partial charge in [-0.2, -0.15) is 5.26 Å². The van der Waals surface area contributed by atoms with E-state index in [4.69, 9.17) is 11.6 Å². The number of nitriles is 1. The Morgan fingerprint density at radius 1 is 1.21 bits per heavy atom. The molecule has 2 aromatic rings. The average molecular weight is 274 g/mol. The minimum Gasteiger partial charge on any atom is -0.353 e. The van der Waals surface area contributed by atoms with Crippen molar-refractivity contribution >= 4 is 17.4 Å². The van der Waals surface area contributed by atoms with Gasteiger partial charge in [-0.15, -0.1) is 15.0 Å². The molecule has 19 heavy (non-hydrogen) atoms. The normalized spacial score (nSPS) is 14.6. The minimum absolute atomic E-state index is 0.363. The summed E-state index contributed by atoms with van der Waals surface area (Å²) >= 11 is 5.96. The van der Waals surface area contributed by atoms with Crippen molar-refractivity contribution in [2.24, 2.45) is 0 Å². The van der Waals surface area contributed by atoms with E-state index in [0.29, 0.717) is 16.5 Å². The van der Waals surface area contributed by atoms with Crippen LogP contribution < -0.4 is 4.90 Å². The van der Waals surface area contributed by atoms with Crippen LogP contribution in [0.25, 0.3) is 5.69 Å². The Hall–Kier alpha value is -2.06. The Kier molecular flexibility index (Phi) is 3.10. The molecule has 5 nitrogen and oxygen atoms in total. The third kappa shape index (κ3) is 2.27. The zero-order valence-electron chi connectivity index (χ0n) is 10.3. The van der Waals surface area contributed by atoms with Gasteiger partial charge in [0, 0.05) is 18.1 Å². The minimum atomic E-state index is 0.363. The second kappa shape index (κ2) is 4.90. The molecule has 0 aliphatic carbocycles. The average Bonchev–Trinajstić information content (AvgIpc) is 3.07. The molecule has 1 saturated heterocycles. The third-order valence-electron chi connectivity index (χ3n) is 3.15. The van der Waals surface area contributed by atoms with Crippen LogP contribution in [0.1, 0.15) is 18.5 Å². The van der Waals surface area contributed by atoms with Crippen LogP contribution >= 0.6 is 11.6 Å². The fourth-order valence-electron chi connectivity index (χ4n) is 2.23. The Morgan fingerprint density at radius 2 is 2.00 bits per heavy atom. The third-order valence-corrected chi connectivity index (χ3v) is 3.38. The molecule has 6 heteroatoms. The van der Waals surface area contributed by atoms with Crippen LogP contribution in [0.2, 0.25) is 5.02 Å². The summed E-state index contributed by atoms with van der Waals surface area (Å²) in [5, 5.41) is 18.4. The molecule has 0 bridgehead atoms. The first-order chi connectivity index (χ1) is 9.28. The predicted octanol–water partition coefficient (Wildman–Crippen LogP) is 2.39. The number of anilines is 1. The van der Waals surface area contributed by atoms with Crippen molar-refractivity contribution in [3.63, 3.8) is 0 Å². The molecule has 0 radical (unpaired) electrons. The zero-order valence-corrected chi connectivity index (χ0v) is 11.0. The van der Waals surface area contributed by atoms with Crippen molar-refractivity contribution in [3.8, 4) is 11.8 Å². The van der Waals surface area contributed by atoms with E-state index in [1.165, 1.54) is 4.80 Å². The molecule has 1 aromatic carbocycles. The van der Waals surface area contributed by atoms with Crippen molar-refractivity contribution in [2.45, 2.75) is 12.8 Å². The standard InChI is InChI=1S/C13H12ClN5/c14-10-4-3-5-11(8-10)19-16-12(9-15)13(17-19)18-6-1-2-7-18/h3-5,8H,1-2,6-7H2. The molecule has 3 rings (SSSR count). The monoisotopic (exact) mass is 273 g/mol. The molecule has 1 fully saturated rings. The number of nitrogens with zero attached hydrogens (tertiary/aromatic N) is 5. The molecule has 1 aromatic heterocycles. The number of hydrogen-bond acceptors (Lipinski definition) is 4. The lowest BCUT2D eigenvalue weighted by atomic mass is 10.3. The highest BCUT2D eigenvalue weighted by molar-refractivity contribution is 6.30. The first kappa shape index (κ1) is 12.0. The number of aromatic nitrogens is 3. The molecular formula is C13H12ClN5. The SMILES string of the molecule is N#Cc1nn(-c2cccc(Cl)c2)nc1N1CCCC1. The molecule has 96 valence electrons. The first-order valence-electron chi connectivity index (χ1n) is 6.16. The first-order valence-corrected chi connectivity index (χ1v) is 6.54. The van der Waals surface area contributed by atoms with Gasteiger partial charge in [-0.05, 0) is 31.0 Å². The van der Waals surface area contributed by atoms with Gasteiger partial charge in [-0.3, -0.25) is 0 Å². The van der Waals surface area contributed by atoms with E-state index in [9.17, 15) is 5.26 Å². The highest BCUT2D eigenvalue weighted by Gasteiger charge is 2.21. The van der Waals surface area contributed by atoms with Crippen LogP contribution in [0.3, 0.4) is 0 Å². The van der Waals surface area contributed by atoms with E-state index in [-0.39, 0.29) is 0 Å². The Morgan fingerprint density at radius 3 is 2.68 bits per heavy atom. The van der Waals surface area contributed by atoms with Crippen LogP contribution in [0, 0.1) is 11.3 Å². The Bertz CT molecular complexity index is 637. The quantitative estimate of drug-likeness (QED) is 0.843. The summed E-state index contributed by atoms with van der Waals surface area (Å²) in [7, 11) is 0. The molecule has 1 aliphatic rings. The molecule has 0 N–H and O–H groups in total. The fraction of sp³-hybridized carbons (Fsp3) is 0.308. The van der Waals surface area contributed by atoms with Crippen LogP contribution in [-0.4, -0.2) is 28.1 Å². The molecule has 2 heterocycles. The second-order valence-corrected chi connectivity index (χ2v) is 4.88. The highest BCUT2D eigenvalue weighted by atomic mass is 35.5. The van der Waals surface area contributed by atoms with Gasteiger partial charge in [-0.1, -0.05) is 17.7 Å². The molecular weight excluding hydrogens is 262 g/mol. The van der Waals surface area contributed by atoms with Gasteiger partial charge in [-0.25, -0.2) is 0 Å². The maximum Gasteiger partial charge on any atom is 0.207 e. The molecule has 0 atom stereocenters. The molecule has 0 unspecified atom stereocenters. The number of rotatable bonds is 2. The van der Waals surface area contributed by atoms with Gasteiger partial charge in [0.1, 0.15) is 6.07 Å². The maximum absolute atomic E-state index is 9.18. The lowest BCUT2D eigenvalue weighted by Crippen LogP contribution is -2.19. The van der Waals surface area contributed by atoms with Crippen LogP contribution in [0.15, 0.2) is 24.3 Å². The lowest BCUT2D eigenvalue weighted by Gasteiger charge is -2.12. The van der Waals surface area contributed by atoms with Gasteiger partial charge in [0.2, 0.25) is 5.69 Å². The summed E-state index contributed by atoms with van der Waals surface area (Å²) in [4.78, 5) is 3.57. The van der Waals surface area contributed by atoms with Crippen molar-refractivity contribution < 1.29 is 0 Å². The molecule has 0 spiro atoms. The lowest BCUT2D eigenvalue weighted by molar-refractivity contribution is 0.743. The van der Waals surface area contributed by atoms with E-state index in [2.05, 4.69) is 21.2 Å². The summed E-state index contributed by atoms with van der Waals surface area (Å²) in [6.45, 7) is 1.87. The molecule has 0 amide bonds. The van der Waals surface area contributed by atoms with E-state index in [0.717, 1.165) is 31.6 Å². The Balaban J connectivity index is 2.02. The number of benzene rings is 1. The van der Waals surface area contributed by atoms with Gasteiger partial charge in [0.25, 0.3) is 0 Å². The summed E-state index contributed by atoms with van der Waals surface area (Å²) in [6, 6.07) is 9.37. The van der Waals surface area contributed by atoms with Crippen molar-refractivity contribution in [1.29, 1.82) is 5.26 Å². The topological polar surface area (TPSA) is 57.7 Å². The zero-order chi connectivity index (χ0) is 13.2. The van der Waals surface area contributed by atoms with Gasteiger partial charge in [0.15, 0.2) is 5.82 Å². The smallest absolute Gasteiger partial charge is 0.207 e. The van der Waals surface area contributed by atoms with Crippen molar-refractivity contribution in [1.82, 2.24) is 15.0 Å². The summed E-state index contributed by atoms with van der Waals surface area (Å²) in [5.41, 5.74) is 1.12. The van der Waals surface area contributed by atoms with Gasteiger partial charge in [0.05, 0.1) is 5.69 Å². The van der Waals surface area contributed by atoms with Crippen LogP contribution in [-0.2, 0) is 0 Å². The number of hydrogen-bond donors (Lipinski definition) is 0. The maximum atomic E-state index is 9.18. The van der Waals surface area contributed by atoms with E-state index >= 15 is 0 Å². The van der Waals surface area contributed by atoms with Crippen molar-refractivity contribution in [3.05, 3.63) is 35.0 Å². The summed E-state index contributed by atoms with van der Waals surface area (Å²) in [5.74, 6) is 0.667. The van der Waals surface area contributed by atoms with Crippen molar-refractivity contribution in [2.75, 3.05) is 18.0 Å². The summed E-state index contributed by atoms with van der Waals surface area (Å²) < 4.78 is 0. The highest BCUT2D eigenvalue weighted by Crippen LogP contribution is 2.22. The van der Waals surface area contributed by atoms with E-state index in [1.807, 2.05) is 12.1 Å². The van der Waals surface area contributed by atoms with Gasteiger partial charge < -0.3 is 4.90 Å². The fourth-order valence-corrected chi connectivity index (χ4v) is 2.41. The predicted molar refractivity (Wildman–Crippen MR) is 72.5 cm³/mol. The van der Waals surface area contributed by atoms with E-state index < -0.39 is 0 Å². The largest absolute Gasteiger partial charge is 0.353 e. The number of halogens is 1. The second-order valence-electron chi connectivity index (χ2n) is 4.45. The summed E-state index contributed by atoms with van der Waals surface area (Å²) in [6.07, 6.45) is 2.27. The molecule has 0 saturated carbocycles. The van der Waals surface area contributed by atoms with E-state index in [1.54, 1.807) is 12.1 Å². The van der Waals surface area contributed by atoms with Crippen LogP contribution in [0.5, 0.6) is 0 Å².